The molecule has 1 aliphatic heterocycles. The maximum Gasteiger partial charge on any atom is 0.252 e. The highest BCUT2D eigenvalue weighted by molar-refractivity contribution is 7.91. The molecule has 0 radical (unpaired) electrons. The van der Waals surface area contributed by atoms with Crippen LogP contribution in [0.15, 0.2) is 20.9 Å². The Balaban J connectivity index is 1.65. The zero-order valence-electron chi connectivity index (χ0n) is 15.9. The first-order chi connectivity index (χ1) is 12.1. The van der Waals surface area contributed by atoms with Gasteiger partial charge in [-0.1, -0.05) is 25.9 Å². The summed E-state index contributed by atoms with van der Waals surface area (Å²) in [5, 5.41) is 4.08. The van der Waals surface area contributed by atoms with Gasteiger partial charge in [-0.3, -0.25) is 4.90 Å². The van der Waals surface area contributed by atoms with Gasteiger partial charge in [0.2, 0.25) is 5.89 Å². The van der Waals surface area contributed by atoms with Crippen molar-refractivity contribution in [2.24, 2.45) is 0 Å². The van der Waals surface area contributed by atoms with E-state index in [9.17, 15) is 8.42 Å². The van der Waals surface area contributed by atoms with E-state index >= 15 is 0 Å². The van der Waals surface area contributed by atoms with Gasteiger partial charge in [0, 0.05) is 36.5 Å². The summed E-state index contributed by atoms with van der Waals surface area (Å²) in [6.45, 7) is 12.3. The first-order valence-corrected chi connectivity index (χ1v) is 11.0. The molecule has 2 aromatic heterocycles. The Morgan fingerprint density at radius 1 is 1.19 bits per heavy atom. The average molecular weight is 399 g/mol. The molecule has 9 heteroatoms. The van der Waals surface area contributed by atoms with Gasteiger partial charge in [0.15, 0.2) is 5.82 Å². The number of rotatable bonds is 4. The van der Waals surface area contributed by atoms with E-state index in [1.165, 1.54) is 11.3 Å². The first kappa shape index (κ1) is 19.5. The number of nitrogens with zero attached hydrogens (tertiary/aromatic N) is 4. The van der Waals surface area contributed by atoms with E-state index in [4.69, 9.17) is 4.52 Å². The lowest BCUT2D eigenvalue weighted by atomic mass is 9.96. The SMILES string of the molecule is Cc1ccc(S(=O)(=O)N2CCN([C@H](C)c3nc(C(C)(C)C)no3)CC2)s1. The van der Waals surface area contributed by atoms with Crippen LogP contribution >= 0.6 is 11.3 Å². The highest BCUT2D eigenvalue weighted by Crippen LogP contribution is 2.28. The molecular weight excluding hydrogens is 372 g/mol. The molecule has 7 nitrogen and oxygen atoms in total. The van der Waals surface area contributed by atoms with E-state index in [1.807, 2.05) is 40.7 Å². The molecule has 3 heterocycles. The summed E-state index contributed by atoms with van der Waals surface area (Å²) in [5.74, 6) is 1.27. The van der Waals surface area contributed by atoms with Gasteiger partial charge in [-0.05, 0) is 26.0 Å². The minimum absolute atomic E-state index is 0.0348. The molecule has 1 saturated heterocycles. The maximum absolute atomic E-state index is 12.7. The van der Waals surface area contributed by atoms with Crippen LogP contribution in [0, 0.1) is 6.92 Å². The van der Waals surface area contributed by atoms with Crippen molar-refractivity contribution in [3.05, 3.63) is 28.7 Å². The van der Waals surface area contributed by atoms with Gasteiger partial charge in [0.1, 0.15) is 4.21 Å². The highest BCUT2D eigenvalue weighted by Gasteiger charge is 2.33. The van der Waals surface area contributed by atoms with Crippen molar-refractivity contribution < 1.29 is 12.9 Å². The maximum atomic E-state index is 12.7. The van der Waals surface area contributed by atoms with Crippen molar-refractivity contribution in [3.8, 4) is 0 Å². The molecular formula is C17H26N4O3S2. The molecule has 0 aliphatic carbocycles. The van der Waals surface area contributed by atoms with E-state index < -0.39 is 10.0 Å². The molecule has 0 amide bonds. The van der Waals surface area contributed by atoms with E-state index in [0.717, 1.165) is 4.88 Å². The van der Waals surface area contributed by atoms with Crippen molar-refractivity contribution in [2.45, 2.75) is 50.3 Å². The summed E-state index contributed by atoms with van der Waals surface area (Å²) in [7, 11) is -3.40. The fraction of sp³-hybridized carbons (Fsp3) is 0.647. The molecule has 3 rings (SSSR count). The molecule has 0 unspecified atom stereocenters. The topological polar surface area (TPSA) is 79.5 Å². The molecule has 144 valence electrons. The van der Waals surface area contributed by atoms with Crippen molar-refractivity contribution in [2.75, 3.05) is 26.2 Å². The number of aryl methyl sites for hydroxylation is 1. The minimum Gasteiger partial charge on any atom is -0.338 e. The monoisotopic (exact) mass is 398 g/mol. The van der Waals surface area contributed by atoms with E-state index in [0.29, 0.717) is 42.1 Å². The van der Waals surface area contributed by atoms with Crippen molar-refractivity contribution >= 4 is 21.4 Å². The van der Waals surface area contributed by atoms with E-state index in [2.05, 4.69) is 15.0 Å². The largest absolute Gasteiger partial charge is 0.338 e. The van der Waals surface area contributed by atoms with Crippen LogP contribution in [-0.2, 0) is 15.4 Å². The van der Waals surface area contributed by atoms with E-state index in [-0.39, 0.29) is 11.5 Å². The lowest BCUT2D eigenvalue weighted by Gasteiger charge is -2.35. The smallest absolute Gasteiger partial charge is 0.252 e. The Kier molecular flexibility index (Phi) is 5.26. The van der Waals surface area contributed by atoms with Gasteiger partial charge in [-0.15, -0.1) is 11.3 Å². The standard InChI is InChI=1S/C17H26N4O3S2/c1-12-6-7-14(25-12)26(22,23)21-10-8-20(9-11-21)13(2)15-18-16(19-24-15)17(3,4)5/h6-7,13H,8-11H2,1-5H3/t13-/m1/s1. The summed E-state index contributed by atoms with van der Waals surface area (Å²) < 4.78 is 32.9. The summed E-state index contributed by atoms with van der Waals surface area (Å²) in [5.41, 5.74) is -0.160. The molecule has 0 N–H and O–H groups in total. The zero-order valence-corrected chi connectivity index (χ0v) is 17.5. The van der Waals surface area contributed by atoms with Crippen LogP contribution in [0.3, 0.4) is 0 Å². The molecule has 0 spiro atoms. The number of piperazine rings is 1. The third kappa shape index (κ3) is 3.85. The number of thiophene rings is 1. The molecule has 0 aromatic carbocycles. The predicted molar refractivity (Wildman–Crippen MR) is 101 cm³/mol. The zero-order chi connectivity index (χ0) is 19.1. The molecule has 0 bridgehead atoms. The number of sulfonamides is 1. The predicted octanol–water partition coefficient (Wildman–Crippen LogP) is 2.80. The molecule has 1 fully saturated rings. The van der Waals surface area contributed by atoms with Gasteiger partial charge in [-0.2, -0.15) is 9.29 Å². The third-order valence-corrected chi connectivity index (χ3v) is 7.97. The Hall–Kier alpha value is -1.29. The number of aromatic nitrogens is 2. The molecule has 2 aromatic rings. The van der Waals surface area contributed by atoms with Gasteiger partial charge >= 0.3 is 0 Å². The van der Waals surface area contributed by atoms with Crippen LogP contribution in [0.25, 0.3) is 0 Å². The van der Waals surface area contributed by atoms with E-state index in [1.54, 1.807) is 10.4 Å². The highest BCUT2D eigenvalue weighted by atomic mass is 32.2. The average Bonchev–Trinajstić information content (AvgIpc) is 3.23. The van der Waals surface area contributed by atoms with Crippen LogP contribution in [0.1, 0.15) is 50.3 Å². The number of hydrogen-bond acceptors (Lipinski definition) is 7. The van der Waals surface area contributed by atoms with Crippen LogP contribution in [0.5, 0.6) is 0 Å². The van der Waals surface area contributed by atoms with Crippen molar-refractivity contribution in [1.82, 2.24) is 19.3 Å². The van der Waals surface area contributed by atoms with Crippen LogP contribution < -0.4 is 0 Å². The van der Waals surface area contributed by atoms with Gasteiger partial charge in [-0.25, -0.2) is 8.42 Å². The summed E-state index contributed by atoms with van der Waals surface area (Å²) in [6, 6.07) is 3.50. The third-order valence-electron chi connectivity index (χ3n) is 4.60. The quantitative estimate of drug-likeness (QED) is 0.788. The van der Waals surface area contributed by atoms with Crippen LogP contribution in [-0.4, -0.2) is 53.9 Å². The number of hydrogen-bond donors (Lipinski definition) is 0. The summed E-state index contributed by atoms with van der Waals surface area (Å²) in [4.78, 5) is 7.71. The van der Waals surface area contributed by atoms with Gasteiger partial charge in [0.05, 0.1) is 6.04 Å². The second kappa shape index (κ2) is 7.03. The normalized spacial score (nSPS) is 19.0. The Bertz CT molecular complexity index is 859. The van der Waals surface area contributed by atoms with Crippen LogP contribution in [0.2, 0.25) is 0 Å². The van der Waals surface area contributed by atoms with Gasteiger partial charge < -0.3 is 4.52 Å². The lowest BCUT2D eigenvalue weighted by Crippen LogP contribution is -2.49. The molecule has 1 aliphatic rings. The lowest BCUT2D eigenvalue weighted by molar-refractivity contribution is 0.124. The second-order valence-corrected chi connectivity index (χ2v) is 11.1. The summed E-state index contributed by atoms with van der Waals surface area (Å²) in [6.07, 6.45) is 0. The Labute approximate surface area is 159 Å². The fourth-order valence-electron chi connectivity index (χ4n) is 2.87. The first-order valence-electron chi connectivity index (χ1n) is 8.74. The van der Waals surface area contributed by atoms with Gasteiger partial charge in [0.25, 0.3) is 10.0 Å². The minimum atomic E-state index is -3.40. The summed E-state index contributed by atoms with van der Waals surface area (Å²) >= 11 is 1.32. The van der Waals surface area contributed by atoms with Crippen molar-refractivity contribution in [3.63, 3.8) is 0 Å². The molecule has 1 atom stereocenters. The second-order valence-electron chi connectivity index (χ2n) is 7.69. The van der Waals surface area contributed by atoms with Crippen LogP contribution in [0.4, 0.5) is 0 Å². The van der Waals surface area contributed by atoms with Crippen molar-refractivity contribution in [1.29, 1.82) is 0 Å². The fourth-order valence-corrected chi connectivity index (χ4v) is 5.73. The Morgan fingerprint density at radius 3 is 2.35 bits per heavy atom. The molecule has 0 saturated carbocycles. The molecule has 26 heavy (non-hydrogen) atoms. The Morgan fingerprint density at radius 2 is 1.85 bits per heavy atom.